The Hall–Kier alpha value is -0.850. The molecule has 1 aromatic rings. The van der Waals surface area contributed by atoms with Crippen molar-refractivity contribution in [3.63, 3.8) is 0 Å². The molecular weight excluding hydrogens is 349 g/mol. The van der Waals surface area contributed by atoms with Crippen LogP contribution in [0.5, 0.6) is 0 Å². The van der Waals surface area contributed by atoms with Crippen molar-refractivity contribution in [2.24, 2.45) is 5.73 Å². The first-order valence-corrected chi connectivity index (χ1v) is 7.91. The molecule has 0 spiro atoms. The summed E-state index contributed by atoms with van der Waals surface area (Å²) < 4.78 is 5.19. The molecule has 5 nitrogen and oxygen atoms in total. The van der Waals surface area contributed by atoms with Crippen LogP contribution in [0.1, 0.15) is 17.5 Å². The summed E-state index contributed by atoms with van der Waals surface area (Å²) in [7, 11) is 1.60. The van der Waals surface area contributed by atoms with E-state index in [2.05, 4.69) is 36.1 Å². The number of nitrogens with two attached hydrogens (primary N) is 1. The normalized spacial score (nSPS) is 16.0. The second-order valence-corrected chi connectivity index (χ2v) is 5.94. The molecule has 138 valence electrons. The van der Waals surface area contributed by atoms with Crippen LogP contribution < -0.4 is 5.73 Å². The Kier molecular flexibility index (Phi) is 11.2. The van der Waals surface area contributed by atoms with Gasteiger partial charge in [-0.15, -0.1) is 24.8 Å². The molecule has 1 saturated heterocycles. The van der Waals surface area contributed by atoms with Gasteiger partial charge in [0.1, 0.15) is 0 Å². The fraction of sp³-hybridized carbons (Fsp3) is 0.588. The first-order valence-electron chi connectivity index (χ1n) is 7.91. The first-order chi connectivity index (χ1) is 10.6. The Morgan fingerprint density at radius 3 is 2.46 bits per heavy atom. The Bertz CT molecular complexity index is 490. The fourth-order valence-corrected chi connectivity index (χ4v) is 2.81. The molecule has 0 bridgehead atoms. The topological polar surface area (TPSA) is 58.8 Å². The highest BCUT2D eigenvalue weighted by Crippen LogP contribution is 2.11. The zero-order valence-electron chi connectivity index (χ0n) is 14.4. The van der Waals surface area contributed by atoms with Crippen molar-refractivity contribution in [3.05, 3.63) is 35.4 Å². The molecule has 1 heterocycles. The molecule has 0 aliphatic carbocycles. The van der Waals surface area contributed by atoms with Crippen molar-refractivity contribution in [1.29, 1.82) is 0 Å². The van der Waals surface area contributed by atoms with Crippen LogP contribution in [0, 0.1) is 6.92 Å². The summed E-state index contributed by atoms with van der Waals surface area (Å²) in [5.74, 6) is 0.146. The van der Waals surface area contributed by atoms with Crippen LogP contribution in [0.25, 0.3) is 0 Å². The molecule has 1 fully saturated rings. The van der Waals surface area contributed by atoms with Crippen LogP contribution in [-0.4, -0.2) is 61.6 Å². The number of piperazine rings is 1. The lowest BCUT2D eigenvalue weighted by molar-refractivity contribution is -0.135. The van der Waals surface area contributed by atoms with E-state index in [4.69, 9.17) is 10.5 Å². The zero-order chi connectivity index (χ0) is 15.9. The molecule has 1 amide bonds. The number of amides is 1. The summed E-state index contributed by atoms with van der Waals surface area (Å²) >= 11 is 0. The first kappa shape index (κ1) is 23.1. The van der Waals surface area contributed by atoms with Crippen LogP contribution in [0.4, 0.5) is 0 Å². The predicted molar refractivity (Wildman–Crippen MR) is 102 cm³/mol. The van der Waals surface area contributed by atoms with Gasteiger partial charge in [0.25, 0.3) is 0 Å². The highest BCUT2D eigenvalue weighted by atomic mass is 35.5. The fourth-order valence-electron chi connectivity index (χ4n) is 2.81. The number of carbonyl (C=O) groups excluding carboxylic acids is 1. The summed E-state index contributed by atoms with van der Waals surface area (Å²) in [6.45, 7) is 6.85. The van der Waals surface area contributed by atoms with Crippen LogP contribution >= 0.6 is 24.8 Å². The van der Waals surface area contributed by atoms with Gasteiger partial charge in [-0.3, -0.25) is 9.69 Å². The Morgan fingerprint density at radius 1 is 1.25 bits per heavy atom. The van der Waals surface area contributed by atoms with Gasteiger partial charge in [-0.2, -0.15) is 0 Å². The molecule has 0 aromatic heterocycles. The van der Waals surface area contributed by atoms with E-state index in [-0.39, 0.29) is 36.8 Å². The molecule has 1 aliphatic rings. The highest BCUT2D eigenvalue weighted by molar-refractivity contribution is 5.85. The van der Waals surface area contributed by atoms with E-state index in [1.807, 2.05) is 4.90 Å². The van der Waals surface area contributed by atoms with Gasteiger partial charge in [-0.05, 0) is 12.5 Å². The van der Waals surface area contributed by atoms with Gasteiger partial charge >= 0.3 is 0 Å². The van der Waals surface area contributed by atoms with Crippen LogP contribution in [0.3, 0.4) is 0 Å². The van der Waals surface area contributed by atoms with Gasteiger partial charge in [0.05, 0.1) is 12.5 Å². The minimum atomic E-state index is -0.169. The van der Waals surface area contributed by atoms with E-state index >= 15 is 0 Å². The lowest BCUT2D eigenvalue weighted by Crippen LogP contribution is -2.49. The highest BCUT2D eigenvalue weighted by Gasteiger charge is 2.23. The molecule has 2 N–H and O–H groups in total. The molecule has 0 radical (unpaired) electrons. The summed E-state index contributed by atoms with van der Waals surface area (Å²) in [4.78, 5) is 16.5. The molecule has 0 saturated carbocycles. The lowest BCUT2D eigenvalue weighted by atomic mass is 10.1. The quantitative estimate of drug-likeness (QED) is 0.821. The number of halogens is 2. The number of methoxy groups -OCH3 is 1. The smallest absolute Gasteiger partial charge is 0.225 e. The van der Waals surface area contributed by atoms with Crippen LogP contribution in [0.2, 0.25) is 0 Å². The molecule has 1 atom stereocenters. The minimum absolute atomic E-state index is 0. The van der Waals surface area contributed by atoms with Crippen LogP contribution in [0.15, 0.2) is 24.3 Å². The second-order valence-electron chi connectivity index (χ2n) is 5.94. The summed E-state index contributed by atoms with van der Waals surface area (Å²) in [5, 5.41) is 0. The van der Waals surface area contributed by atoms with E-state index in [0.717, 1.165) is 32.7 Å². The van der Waals surface area contributed by atoms with Gasteiger partial charge in [0.15, 0.2) is 0 Å². The summed E-state index contributed by atoms with van der Waals surface area (Å²) in [5.41, 5.74) is 8.20. The SMILES string of the molecule is COC(CN)CC(=O)N1CCN(Cc2cccc(C)c2)CC1.Cl.Cl. The second kappa shape index (κ2) is 11.7. The molecule has 7 heteroatoms. The average Bonchev–Trinajstić information content (AvgIpc) is 2.53. The van der Waals surface area contributed by atoms with E-state index in [1.54, 1.807) is 7.11 Å². The standard InChI is InChI=1S/C17H27N3O2.2ClH/c1-14-4-3-5-15(10-14)13-19-6-8-20(9-7-19)17(21)11-16(12-18)22-2;;/h3-5,10,16H,6-9,11-13,18H2,1-2H3;2*1H. The van der Waals surface area contributed by atoms with Gasteiger partial charge in [0.2, 0.25) is 5.91 Å². The van der Waals surface area contributed by atoms with Crippen LogP contribution in [-0.2, 0) is 16.1 Å². The maximum atomic E-state index is 12.2. The number of hydrogen-bond acceptors (Lipinski definition) is 4. The zero-order valence-corrected chi connectivity index (χ0v) is 16.1. The van der Waals surface area contributed by atoms with Crippen molar-refractivity contribution in [1.82, 2.24) is 9.80 Å². The third-order valence-electron chi connectivity index (χ3n) is 4.21. The average molecular weight is 378 g/mol. The third-order valence-corrected chi connectivity index (χ3v) is 4.21. The monoisotopic (exact) mass is 377 g/mol. The number of nitrogens with zero attached hydrogens (tertiary/aromatic N) is 2. The van der Waals surface area contributed by atoms with Gasteiger partial charge in [0, 0.05) is 46.4 Å². The van der Waals surface area contributed by atoms with Crippen molar-refractivity contribution in [2.45, 2.75) is 26.0 Å². The largest absolute Gasteiger partial charge is 0.380 e. The Balaban J connectivity index is 0.00000264. The lowest BCUT2D eigenvalue weighted by Gasteiger charge is -2.35. The molecule has 1 aliphatic heterocycles. The van der Waals surface area contributed by atoms with E-state index < -0.39 is 0 Å². The van der Waals surface area contributed by atoms with Crippen molar-refractivity contribution >= 4 is 30.7 Å². The number of carbonyl (C=O) groups is 1. The van der Waals surface area contributed by atoms with Gasteiger partial charge < -0.3 is 15.4 Å². The number of benzene rings is 1. The third kappa shape index (κ3) is 6.95. The number of hydrogen-bond donors (Lipinski definition) is 1. The Labute approximate surface area is 157 Å². The van der Waals surface area contributed by atoms with Gasteiger partial charge in [-0.25, -0.2) is 0 Å². The molecule has 2 rings (SSSR count). The predicted octanol–water partition coefficient (Wildman–Crippen LogP) is 1.85. The van der Waals surface area contributed by atoms with Crippen molar-refractivity contribution in [3.8, 4) is 0 Å². The van der Waals surface area contributed by atoms with Crippen molar-refractivity contribution in [2.75, 3.05) is 39.8 Å². The van der Waals surface area contributed by atoms with E-state index in [0.29, 0.717) is 13.0 Å². The number of aryl methyl sites for hydroxylation is 1. The summed E-state index contributed by atoms with van der Waals surface area (Å²) in [6.07, 6.45) is 0.211. The maximum Gasteiger partial charge on any atom is 0.225 e. The van der Waals surface area contributed by atoms with Crippen molar-refractivity contribution < 1.29 is 9.53 Å². The minimum Gasteiger partial charge on any atom is -0.380 e. The maximum absolute atomic E-state index is 12.2. The molecule has 1 unspecified atom stereocenters. The van der Waals surface area contributed by atoms with E-state index in [9.17, 15) is 4.79 Å². The number of ether oxygens (including phenoxy) is 1. The Morgan fingerprint density at radius 2 is 1.92 bits per heavy atom. The summed E-state index contributed by atoms with van der Waals surface area (Å²) in [6, 6.07) is 8.60. The van der Waals surface area contributed by atoms with E-state index in [1.165, 1.54) is 11.1 Å². The molecule has 24 heavy (non-hydrogen) atoms. The molecular formula is C17H29Cl2N3O2. The van der Waals surface area contributed by atoms with Gasteiger partial charge in [-0.1, -0.05) is 29.8 Å². The number of rotatable bonds is 6. The molecule has 1 aromatic carbocycles.